The molecule has 128 valence electrons. The molecule has 0 bridgehead atoms. The lowest BCUT2D eigenvalue weighted by atomic mass is 10.1. The molecule has 0 aliphatic carbocycles. The van der Waals surface area contributed by atoms with E-state index >= 15 is 0 Å². The van der Waals surface area contributed by atoms with Crippen molar-refractivity contribution >= 4 is 30.0 Å². The molecule has 0 radical (unpaired) electrons. The molecule has 7 nitrogen and oxygen atoms in total. The van der Waals surface area contributed by atoms with Gasteiger partial charge < -0.3 is 24.8 Å². The van der Waals surface area contributed by atoms with Crippen LogP contribution in [-0.4, -0.2) is 50.9 Å². The first-order valence-corrected chi connectivity index (χ1v) is 7.05. The summed E-state index contributed by atoms with van der Waals surface area (Å²) in [4.78, 5) is 23.3. The Labute approximate surface area is 141 Å². The smallest absolute Gasteiger partial charge is 0.343 e. The minimum absolute atomic E-state index is 0. The standard InChI is InChI=1S/C15H20N2O5.ClH/c1-10-14(16-6-7-21-10)15(19)17-11-4-3-5-12(8-11)22-9-13(18)20-2;/h3-5,8,10,14,16H,6-7,9H2,1-2H3,(H,17,19);1H/t10-,14+;/m1./s1. The maximum Gasteiger partial charge on any atom is 0.343 e. The number of carbonyl (C=O) groups excluding carboxylic acids is 2. The molecule has 23 heavy (non-hydrogen) atoms. The number of hydrogen-bond acceptors (Lipinski definition) is 6. The van der Waals surface area contributed by atoms with E-state index in [9.17, 15) is 9.59 Å². The van der Waals surface area contributed by atoms with Gasteiger partial charge in [0.1, 0.15) is 11.8 Å². The molecular weight excluding hydrogens is 324 g/mol. The third-order valence-electron chi connectivity index (χ3n) is 3.28. The van der Waals surface area contributed by atoms with E-state index in [1.165, 1.54) is 7.11 Å². The maximum atomic E-state index is 12.2. The van der Waals surface area contributed by atoms with Crippen molar-refractivity contribution < 1.29 is 23.8 Å². The van der Waals surface area contributed by atoms with Crippen LogP contribution in [0.25, 0.3) is 0 Å². The van der Waals surface area contributed by atoms with E-state index in [2.05, 4.69) is 15.4 Å². The van der Waals surface area contributed by atoms with Crippen LogP contribution < -0.4 is 15.4 Å². The summed E-state index contributed by atoms with van der Waals surface area (Å²) in [5.41, 5.74) is 0.590. The van der Waals surface area contributed by atoms with Gasteiger partial charge in [0.2, 0.25) is 5.91 Å². The van der Waals surface area contributed by atoms with E-state index in [1.807, 2.05) is 6.92 Å². The topological polar surface area (TPSA) is 85.9 Å². The van der Waals surface area contributed by atoms with Gasteiger partial charge in [0.15, 0.2) is 6.61 Å². The number of carbonyl (C=O) groups is 2. The fraction of sp³-hybridized carbons (Fsp3) is 0.467. The average Bonchev–Trinajstić information content (AvgIpc) is 2.53. The number of rotatable bonds is 5. The first kappa shape index (κ1) is 19.2. The van der Waals surface area contributed by atoms with Crippen LogP contribution in [0.5, 0.6) is 5.75 Å². The van der Waals surface area contributed by atoms with Gasteiger partial charge in [0, 0.05) is 18.3 Å². The zero-order valence-electron chi connectivity index (χ0n) is 13.0. The lowest BCUT2D eigenvalue weighted by molar-refractivity contribution is -0.142. The Morgan fingerprint density at radius 1 is 1.43 bits per heavy atom. The van der Waals surface area contributed by atoms with Crippen LogP contribution in [0.1, 0.15) is 6.92 Å². The van der Waals surface area contributed by atoms with Crippen LogP contribution >= 0.6 is 12.4 Å². The Kier molecular flexibility index (Phi) is 7.80. The van der Waals surface area contributed by atoms with E-state index in [-0.39, 0.29) is 31.0 Å². The number of esters is 1. The van der Waals surface area contributed by atoms with Crippen molar-refractivity contribution in [2.75, 3.05) is 32.2 Å². The molecule has 0 aromatic heterocycles. The fourth-order valence-corrected chi connectivity index (χ4v) is 2.11. The van der Waals surface area contributed by atoms with E-state index in [0.717, 1.165) is 0 Å². The van der Waals surface area contributed by atoms with Gasteiger partial charge >= 0.3 is 5.97 Å². The van der Waals surface area contributed by atoms with Gasteiger partial charge in [-0.1, -0.05) is 6.07 Å². The zero-order chi connectivity index (χ0) is 15.9. The zero-order valence-corrected chi connectivity index (χ0v) is 13.9. The highest BCUT2D eigenvalue weighted by molar-refractivity contribution is 5.95. The van der Waals surface area contributed by atoms with Crippen LogP contribution in [0.15, 0.2) is 24.3 Å². The molecule has 0 unspecified atom stereocenters. The van der Waals surface area contributed by atoms with Crippen molar-refractivity contribution in [3.8, 4) is 5.75 Å². The van der Waals surface area contributed by atoms with Crippen LogP contribution in [0, 0.1) is 0 Å². The minimum Gasteiger partial charge on any atom is -0.482 e. The van der Waals surface area contributed by atoms with Gasteiger partial charge in [-0.05, 0) is 19.1 Å². The molecule has 1 aliphatic rings. The molecule has 1 fully saturated rings. The highest BCUT2D eigenvalue weighted by Crippen LogP contribution is 2.18. The highest BCUT2D eigenvalue weighted by atomic mass is 35.5. The second kappa shape index (κ2) is 9.34. The van der Waals surface area contributed by atoms with Gasteiger partial charge in [-0.25, -0.2) is 4.79 Å². The number of halogens is 1. The predicted molar refractivity (Wildman–Crippen MR) is 87.0 cm³/mol. The number of ether oxygens (including phenoxy) is 3. The largest absolute Gasteiger partial charge is 0.482 e. The monoisotopic (exact) mass is 344 g/mol. The normalized spacial score (nSPS) is 20.1. The molecule has 1 heterocycles. The van der Waals surface area contributed by atoms with Gasteiger partial charge in [-0.2, -0.15) is 0 Å². The second-order valence-electron chi connectivity index (χ2n) is 4.89. The number of benzene rings is 1. The molecule has 2 atom stereocenters. The molecule has 1 aromatic carbocycles. The summed E-state index contributed by atoms with van der Waals surface area (Å²) in [6, 6.07) is 6.43. The first-order chi connectivity index (χ1) is 10.6. The summed E-state index contributed by atoms with van der Waals surface area (Å²) in [6.07, 6.45) is -0.187. The van der Waals surface area contributed by atoms with Crippen molar-refractivity contribution in [1.82, 2.24) is 5.32 Å². The summed E-state index contributed by atoms with van der Waals surface area (Å²) in [5, 5.41) is 5.93. The van der Waals surface area contributed by atoms with E-state index in [4.69, 9.17) is 9.47 Å². The molecule has 1 aliphatic heterocycles. The summed E-state index contributed by atoms with van der Waals surface area (Å²) < 4.78 is 15.2. The fourth-order valence-electron chi connectivity index (χ4n) is 2.11. The van der Waals surface area contributed by atoms with E-state index < -0.39 is 12.0 Å². The Morgan fingerprint density at radius 3 is 2.91 bits per heavy atom. The Morgan fingerprint density at radius 2 is 2.22 bits per heavy atom. The van der Waals surface area contributed by atoms with E-state index in [1.54, 1.807) is 24.3 Å². The van der Waals surface area contributed by atoms with Gasteiger partial charge in [-0.3, -0.25) is 4.79 Å². The van der Waals surface area contributed by atoms with Crippen molar-refractivity contribution in [3.05, 3.63) is 24.3 Å². The Hall–Kier alpha value is -1.83. The van der Waals surface area contributed by atoms with Crippen molar-refractivity contribution in [1.29, 1.82) is 0 Å². The molecule has 1 amide bonds. The van der Waals surface area contributed by atoms with Gasteiger partial charge in [0.05, 0.1) is 19.8 Å². The third kappa shape index (κ3) is 5.70. The number of nitrogens with one attached hydrogen (secondary N) is 2. The number of hydrogen-bond donors (Lipinski definition) is 2. The number of amides is 1. The third-order valence-corrected chi connectivity index (χ3v) is 3.28. The predicted octanol–water partition coefficient (Wildman–Crippen LogP) is 0.976. The first-order valence-electron chi connectivity index (χ1n) is 7.05. The molecule has 2 rings (SSSR count). The number of morpholine rings is 1. The molecule has 0 saturated carbocycles. The molecule has 1 saturated heterocycles. The summed E-state index contributed by atoms with van der Waals surface area (Å²) in [6.45, 7) is 2.92. The highest BCUT2D eigenvalue weighted by Gasteiger charge is 2.28. The summed E-state index contributed by atoms with van der Waals surface area (Å²) in [5.74, 6) is -0.159. The number of methoxy groups -OCH3 is 1. The average molecular weight is 345 g/mol. The van der Waals surface area contributed by atoms with Crippen LogP contribution in [0.4, 0.5) is 5.69 Å². The van der Waals surface area contributed by atoms with Crippen molar-refractivity contribution in [3.63, 3.8) is 0 Å². The summed E-state index contributed by atoms with van der Waals surface area (Å²) in [7, 11) is 1.29. The van der Waals surface area contributed by atoms with Crippen molar-refractivity contribution in [2.24, 2.45) is 0 Å². The quantitative estimate of drug-likeness (QED) is 0.774. The molecule has 1 aromatic rings. The molecule has 2 N–H and O–H groups in total. The molecule has 8 heteroatoms. The summed E-state index contributed by atoms with van der Waals surface area (Å²) >= 11 is 0. The molecular formula is C15H21ClN2O5. The SMILES string of the molecule is COC(=O)COc1cccc(NC(=O)[C@H]2NCCO[C@@H]2C)c1.Cl. The number of anilines is 1. The second-order valence-corrected chi connectivity index (χ2v) is 4.89. The molecule has 0 spiro atoms. The lowest BCUT2D eigenvalue weighted by Gasteiger charge is -2.29. The van der Waals surface area contributed by atoms with Crippen LogP contribution in [-0.2, 0) is 19.1 Å². The van der Waals surface area contributed by atoms with Crippen LogP contribution in [0.3, 0.4) is 0 Å². The lowest BCUT2D eigenvalue weighted by Crippen LogP contribution is -2.53. The van der Waals surface area contributed by atoms with Gasteiger partial charge in [-0.15, -0.1) is 12.4 Å². The van der Waals surface area contributed by atoms with E-state index in [0.29, 0.717) is 24.6 Å². The Bertz CT molecular complexity index is 540. The van der Waals surface area contributed by atoms with Gasteiger partial charge in [0.25, 0.3) is 0 Å². The minimum atomic E-state index is -0.466. The maximum absolute atomic E-state index is 12.2. The van der Waals surface area contributed by atoms with Crippen LogP contribution in [0.2, 0.25) is 0 Å². The Balaban J connectivity index is 0.00000264. The van der Waals surface area contributed by atoms with Crippen molar-refractivity contribution in [2.45, 2.75) is 19.1 Å².